The molecule has 0 aromatic heterocycles. The Balaban J connectivity index is -0.000000482. The van der Waals surface area contributed by atoms with Crippen LogP contribution in [0.3, 0.4) is 0 Å². The normalized spacial score (nSPS) is 10.3. The van der Waals surface area contributed by atoms with E-state index in [9.17, 15) is 0 Å². The Kier molecular flexibility index (Phi) is 29.2. The van der Waals surface area contributed by atoms with Crippen LogP contribution in [-0.2, 0) is 0 Å². The van der Waals surface area contributed by atoms with Crippen LogP contribution in [0.2, 0.25) is 0 Å². The fourth-order valence-corrected chi connectivity index (χ4v) is 2.43. The van der Waals surface area contributed by atoms with Crippen molar-refractivity contribution in [3.8, 4) is 0 Å². The second-order valence-electron chi connectivity index (χ2n) is 6.90. The van der Waals surface area contributed by atoms with Crippen molar-refractivity contribution in [2.75, 3.05) is 27.7 Å². The average molecular weight is 390 g/mol. The Labute approximate surface area is 151 Å². The highest BCUT2D eigenvalue weighted by molar-refractivity contribution is 4.48. The third-order valence-corrected chi connectivity index (χ3v) is 3.68. The number of hydrogen-bond acceptors (Lipinski definition) is 0. The van der Waals surface area contributed by atoms with Crippen LogP contribution in [0.4, 0.5) is 0 Å². The predicted octanol–water partition coefficient (Wildman–Crippen LogP) is -0.222. The molecule has 0 aromatic rings. The van der Waals surface area contributed by atoms with E-state index < -0.39 is 0 Å². The summed E-state index contributed by atoms with van der Waals surface area (Å²) in [4.78, 5) is 0. The highest BCUT2D eigenvalue weighted by Gasteiger charge is 2.04. The molecular weight excluding hydrogens is 348 g/mol. The van der Waals surface area contributed by atoms with Crippen LogP contribution >= 0.6 is 0 Å². The van der Waals surface area contributed by atoms with Crippen molar-refractivity contribution in [1.82, 2.24) is 6.15 Å². The summed E-state index contributed by atoms with van der Waals surface area (Å²) in [6, 6.07) is 0. The second-order valence-corrected chi connectivity index (χ2v) is 6.90. The number of unbranched alkanes of at least 4 members (excludes halogenated alkanes) is 11. The lowest BCUT2D eigenvalue weighted by molar-refractivity contribution is -0.870. The van der Waals surface area contributed by atoms with Gasteiger partial charge in [-0.2, -0.15) is 0 Å². The van der Waals surface area contributed by atoms with E-state index in [0.29, 0.717) is 0 Å². The molecule has 134 valence electrons. The van der Waals surface area contributed by atoms with Gasteiger partial charge in [-0.3, -0.25) is 0 Å². The van der Waals surface area contributed by atoms with Crippen LogP contribution < -0.4 is 35.5 Å². The van der Waals surface area contributed by atoms with Gasteiger partial charge in [0.1, 0.15) is 0 Å². The number of halogens is 2. The zero-order valence-electron chi connectivity index (χ0n) is 15.4. The van der Waals surface area contributed by atoms with E-state index in [1.54, 1.807) is 0 Å². The van der Waals surface area contributed by atoms with Crippen LogP contribution in [0.15, 0.2) is 0 Å². The second kappa shape index (κ2) is 20.7. The average Bonchev–Trinajstić information content (AvgIpc) is 2.29. The molecule has 0 fully saturated rings. The molecule has 0 heterocycles. The third-order valence-electron chi connectivity index (χ3n) is 3.68. The monoisotopic (exact) mass is 388 g/mol. The van der Waals surface area contributed by atoms with E-state index >= 15 is 0 Å². The number of hydrogen-bond donors (Lipinski definition) is 1. The Hall–Kier alpha value is 0.690. The molecule has 0 spiro atoms. The minimum absolute atomic E-state index is 0. The first-order valence-corrected chi connectivity index (χ1v) is 8.36. The summed E-state index contributed by atoms with van der Waals surface area (Å²) in [6.45, 7) is 3.62. The highest BCUT2D eigenvalue weighted by atomic mass is 79.9. The van der Waals surface area contributed by atoms with Crippen LogP contribution in [0.1, 0.15) is 84.0 Å². The number of nitrogens with zero attached hydrogens (tertiary/aromatic N) is 1. The SMILES string of the molecule is CCCCCCCCCCCCCC[N+](C)(C)C.[Br-].[Cl-].[NH4+]. The van der Waals surface area contributed by atoms with Crippen molar-refractivity contribution in [2.24, 2.45) is 0 Å². The summed E-state index contributed by atoms with van der Waals surface area (Å²) in [7, 11) is 6.87. The summed E-state index contributed by atoms with van der Waals surface area (Å²) in [6.07, 6.45) is 17.4. The Bertz CT molecular complexity index is 173. The largest absolute Gasteiger partial charge is 1.00 e. The lowest BCUT2D eigenvalue weighted by atomic mass is 10.1. The summed E-state index contributed by atoms with van der Waals surface area (Å²) in [5, 5.41) is 0. The van der Waals surface area contributed by atoms with Crippen molar-refractivity contribution in [2.45, 2.75) is 84.0 Å². The smallest absolute Gasteiger partial charge is 0.0780 e. The summed E-state index contributed by atoms with van der Waals surface area (Å²) < 4.78 is 1.12. The van der Waals surface area contributed by atoms with Crippen LogP contribution in [0.25, 0.3) is 0 Å². The van der Waals surface area contributed by atoms with E-state index in [1.807, 2.05) is 0 Å². The van der Waals surface area contributed by atoms with Gasteiger partial charge >= 0.3 is 0 Å². The van der Waals surface area contributed by atoms with E-state index in [4.69, 9.17) is 0 Å². The topological polar surface area (TPSA) is 36.5 Å². The van der Waals surface area contributed by atoms with Crippen LogP contribution in [0, 0.1) is 0 Å². The molecule has 0 rings (SSSR count). The molecule has 0 unspecified atom stereocenters. The van der Waals surface area contributed by atoms with Gasteiger partial charge in [0, 0.05) is 0 Å². The molecule has 0 radical (unpaired) electrons. The van der Waals surface area contributed by atoms with E-state index in [1.165, 1.54) is 83.6 Å². The van der Waals surface area contributed by atoms with Crippen molar-refractivity contribution < 1.29 is 33.9 Å². The quantitative estimate of drug-likeness (QED) is 0.334. The molecule has 21 heavy (non-hydrogen) atoms. The third kappa shape index (κ3) is 29.4. The first-order chi connectivity index (χ1) is 8.56. The molecule has 0 amide bonds. The summed E-state index contributed by atoms with van der Waals surface area (Å²) in [5.74, 6) is 0. The Morgan fingerprint density at radius 1 is 0.571 bits per heavy atom. The molecule has 0 aliphatic rings. The minimum Gasteiger partial charge on any atom is -1.00 e. The zero-order valence-corrected chi connectivity index (χ0v) is 17.7. The van der Waals surface area contributed by atoms with Gasteiger partial charge in [-0.1, -0.05) is 71.1 Å². The van der Waals surface area contributed by atoms with Gasteiger partial charge in [0.05, 0.1) is 27.7 Å². The van der Waals surface area contributed by atoms with Gasteiger partial charge in [-0.25, -0.2) is 0 Å². The predicted molar refractivity (Wildman–Crippen MR) is 90.0 cm³/mol. The van der Waals surface area contributed by atoms with Gasteiger partial charge in [0.2, 0.25) is 0 Å². The van der Waals surface area contributed by atoms with Gasteiger partial charge in [-0.15, -0.1) is 0 Å². The fourth-order valence-electron chi connectivity index (χ4n) is 2.43. The lowest BCUT2D eigenvalue weighted by Gasteiger charge is -2.23. The summed E-state index contributed by atoms with van der Waals surface area (Å²) >= 11 is 0. The fraction of sp³-hybridized carbons (Fsp3) is 1.00. The Morgan fingerprint density at radius 3 is 1.14 bits per heavy atom. The lowest BCUT2D eigenvalue weighted by Crippen LogP contribution is -3.00. The van der Waals surface area contributed by atoms with Crippen molar-refractivity contribution in [1.29, 1.82) is 0 Å². The molecule has 0 aromatic carbocycles. The van der Waals surface area contributed by atoms with E-state index in [0.717, 1.165) is 4.48 Å². The maximum absolute atomic E-state index is 2.29. The van der Waals surface area contributed by atoms with Gasteiger partial charge < -0.3 is 40.0 Å². The molecule has 0 aliphatic carbocycles. The Morgan fingerprint density at radius 2 is 0.857 bits per heavy atom. The van der Waals surface area contributed by atoms with Gasteiger partial charge in [0.15, 0.2) is 0 Å². The molecule has 0 bridgehead atoms. The molecule has 2 nitrogen and oxygen atoms in total. The first-order valence-electron chi connectivity index (χ1n) is 8.36. The van der Waals surface area contributed by atoms with Crippen LogP contribution in [0.5, 0.6) is 0 Å². The highest BCUT2D eigenvalue weighted by Crippen LogP contribution is 2.12. The molecule has 0 saturated heterocycles. The summed E-state index contributed by atoms with van der Waals surface area (Å²) in [5.41, 5.74) is 0. The molecule has 4 heteroatoms. The molecule has 0 aliphatic heterocycles. The van der Waals surface area contributed by atoms with Crippen molar-refractivity contribution in [3.63, 3.8) is 0 Å². The molecule has 0 saturated carbocycles. The van der Waals surface area contributed by atoms with Gasteiger partial charge in [-0.05, 0) is 12.8 Å². The molecule has 0 atom stereocenters. The minimum atomic E-state index is 0. The molecular formula is C17H42BrClN2. The number of quaternary nitrogens is 2. The maximum atomic E-state index is 2.29. The van der Waals surface area contributed by atoms with Crippen molar-refractivity contribution >= 4 is 0 Å². The standard InChI is InChI=1S/C17H38N.BrH.ClH.H3N/c1-5-6-7-8-9-10-11-12-13-14-15-16-17-18(2,3)4;;;/h5-17H2,1-4H3;2*1H;1H3/q+1;;;/p-1. The zero-order chi connectivity index (χ0) is 13.7. The van der Waals surface area contributed by atoms with Crippen LogP contribution in [-0.4, -0.2) is 32.2 Å². The number of rotatable bonds is 13. The first kappa shape index (κ1) is 29.7. The van der Waals surface area contributed by atoms with Gasteiger partial charge in [0.25, 0.3) is 0 Å². The molecule has 4 N–H and O–H groups in total. The van der Waals surface area contributed by atoms with E-state index in [-0.39, 0.29) is 35.5 Å². The maximum Gasteiger partial charge on any atom is 0.0780 e. The van der Waals surface area contributed by atoms with Crippen molar-refractivity contribution in [3.05, 3.63) is 0 Å². The van der Waals surface area contributed by atoms with E-state index in [2.05, 4.69) is 28.1 Å².